The maximum Gasteiger partial charge on any atom is 0.265 e. The van der Waals surface area contributed by atoms with E-state index in [9.17, 15) is 18.0 Å². The lowest BCUT2D eigenvalue weighted by molar-refractivity contribution is -0.120. The number of carbonyl (C=O) groups is 2. The van der Waals surface area contributed by atoms with E-state index in [0.29, 0.717) is 19.0 Å². The molecule has 33 heavy (non-hydrogen) atoms. The number of carbonyl (C=O) groups excluding carboxylic acids is 2. The normalized spacial score (nSPS) is 10.8. The first-order valence-corrected chi connectivity index (χ1v) is 11.3. The molecule has 0 bridgehead atoms. The molecular weight excluding hydrogens is 456 g/mol. The third-order valence-electron chi connectivity index (χ3n) is 4.13. The molecule has 11 nitrogen and oxygen atoms in total. The molecule has 2 aromatic rings. The third kappa shape index (κ3) is 6.42. The van der Waals surface area contributed by atoms with Crippen molar-refractivity contribution in [1.82, 2.24) is 4.72 Å². The molecule has 2 rings (SSSR count). The van der Waals surface area contributed by atoms with E-state index in [1.807, 2.05) is 4.72 Å². The number of ether oxygens (including phenoxy) is 5. The summed E-state index contributed by atoms with van der Waals surface area (Å²) < 4.78 is 54.2. The van der Waals surface area contributed by atoms with Crippen LogP contribution in [-0.4, -0.2) is 54.3 Å². The minimum absolute atomic E-state index is 0.0334. The molecule has 0 aliphatic rings. The van der Waals surface area contributed by atoms with Gasteiger partial charge in [0.05, 0.1) is 32.3 Å². The predicted octanol–water partition coefficient (Wildman–Crippen LogP) is 1.48. The van der Waals surface area contributed by atoms with Gasteiger partial charge in [-0.15, -0.1) is 0 Å². The summed E-state index contributed by atoms with van der Waals surface area (Å²) in [6.07, 6.45) is 0. The molecule has 0 fully saturated rings. The number of hydrogen-bond acceptors (Lipinski definition) is 9. The van der Waals surface area contributed by atoms with Crippen LogP contribution in [0.15, 0.2) is 35.2 Å². The average Bonchev–Trinajstić information content (AvgIpc) is 2.78. The van der Waals surface area contributed by atoms with Gasteiger partial charge in [-0.3, -0.25) is 9.59 Å². The number of nitrogens with two attached hydrogens (primary N) is 1. The van der Waals surface area contributed by atoms with Crippen molar-refractivity contribution in [3.8, 4) is 28.7 Å². The second-order valence-electron chi connectivity index (χ2n) is 6.37. The molecular formula is C21H26N2O9S. The molecule has 0 aliphatic heterocycles. The molecule has 2 aromatic carbocycles. The van der Waals surface area contributed by atoms with Crippen molar-refractivity contribution in [1.29, 1.82) is 0 Å². The fourth-order valence-corrected chi connectivity index (χ4v) is 3.72. The van der Waals surface area contributed by atoms with Crippen molar-refractivity contribution in [2.75, 3.05) is 34.0 Å². The Labute approximate surface area is 191 Å². The van der Waals surface area contributed by atoms with Gasteiger partial charge < -0.3 is 29.4 Å². The number of rotatable bonds is 12. The smallest absolute Gasteiger partial charge is 0.265 e. The molecule has 0 radical (unpaired) electrons. The van der Waals surface area contributed by atoms with Crippen LogP contribution in [0.2, 0.25) is 0 Å². The maximum atomic E-state index is 12.8. The van der Waals surface area contributed by atoms with Gasteiger partial charge in [0.1, 0.15) is 0 Å². The second kappa shape index (κ2) is 11.3. The minimum Gasteiger partial charge on any atom is -0.493 e. The molecule has 0 saturated carbocycles. The molecule has 12 heteroatoms. The topological polar surface area (TPSA) is 152 Å². The Morgan fingerprint density at radius 1 is 0.879 bits per heavy atom. The number of nitrogens with one attached hydrogen (secondary N) is 1. The largest absolute Gasteiger partial charge is 0.493 e. The number of sulfonamides is 1. The van der Waals surface area contributed by atoms with Gasteiger partial charge in [-0.25, -0.2) is 13.1 Å². The zero-order valence-corrected chi connectivity index (χ0v) is 19.5. The van der Waals surface area contributed by atoms with Crippen molar-refractivity contribution in [3.05, 3.63) is 35.9 Å². The van der Waals surface area contributed by atoms with Crippen LogP contribution in [0, 0.1) is 0 Å². The molecule has 0 atom stereocenters. The van der Waals surface area contributed by atoms with Crippen LogP contribution in [-0.2, 0) is 14.8 Å². The van der Waals surface area contributed by atoms with E-state index < -0.39 is 28.4 Å². The van der Waals surface area contributed by atoms with Crippen molar-refractivity contribution >= 4 is 21.8 Å². The Morgan fingerprint density at radius 2 is 1.45 bits per heavy atom. The lowest BCUT2D eigenvalue weighted by Gasteiger charge is -2.16. The summed E-state index contributed by atoms with van der Waals surface area (Å²) in [6.45, 7) is 3.74. The van der Waals surface area contributed by atoms with Crippen LogP contribution < -0.4 is 34.1 Å². The molecule has 0 aliphatic carbocycles. The summed E-state index contributed by atoms with van der Waals surface area (Å²) in [5.74, 6) is -0.949. The van der Waals surface area contributed by atoms with E-state index in [-0.39, 0.29) is 33.5 Å². The highest BCUT2D eigenvalue weighted by Crippen LogP contribution is 2.38. The first kappa shape index (κ1) is 25.6. The zero-order chi connectivity index (χ0) is 24.6. The zero-order valence-electron chi connectivity index (χ0n) is 18.7. The summed E-state index contributed by atoms with van der Waals surface area (Å²) in [5.41, 5.74) is 5.00. The molecule has 0 heterocycles. The Bertz CT molecular complexity index is 1090. The lowest BCUT2D eigenvalue weighted by atomic mass is 10.1. The molecule has 0 aromatic heterocycles. The van der Waals surface area contributed by atoms with E-state index in [1.165, 1.54) is 44.6 Å². The third-order valence-corrected chi connectivity index (χ3v) is 5.46. The van der Waals surface area contributed by atoms with Gasteiger partial charge in [0.2, 0.25) is 5.75 Å². The van der Waals surface area contributed by atoms with Crippen molar-refractivity contribution in [2.24, 2.45) is 5.73 Å². The van der Waals surface area contributed by atoms with Gasteiger partial charge in [0, 0.05) is 11.6 Å². The summed E-state index contributed by atoms with van der Waals surface area (Å²) >= 11 is 0. The first-order valence-electron chi connectivity index (χ1n) is 9.80. The SMILES string of the molecule is CCOc1ccc(S(=O)(=O)NC(=O)c2cc(OC)c(OCC(N)=O)c(OC)c2)cc1OCC. The lowest BCUT2D eigenvalue weighted by Crippen LogP contribution is -2.30. The monoisotopic (exact) mass is 482 g/mol. The fourth-order valence-electron chi connectivity index (χ4n) is 2.74. The van der Waals surface area contributed by atoms with Crippen LogP contribution in [0.25, 0.3) is 0 Å². The molecule has 0 unspecified atom stereocenters. The van der Waals surface area contributed by atoms with Gasteiger partial charge >= 0.3 is 0 Å². The van der Waals surface area contributed by atoms with E-state index >= 15 is 0 Å². The molecule has 180 valence electrons. The summed E-state index contributed by atoms with van der Waals surface area (Å²) in [6, 6.07) is 6.50. The van der Waals surface area contributed by atoms with Gasteiger partial charge in [-0.1, -0.05) is 0 Å². The van der Waals surface area contributed by atoms with Crippen LogP contribution in [0.4, 0.5) is 0 Å². The van der Waals surface area contributed by atoms with E-state index in [0.717, 1.165) is 0 Å². The number of primary amides is 1. The fraction of sp³-hybridized carbons (Fsp3) is 0.333. The van der Waals surface area contributed by atoms with Crippen molar-refractivity contribution in [3.63, 3.8) is 0 Å². The van der Waals surface area contributed by atoms with Gasteiger partial charge in [0.25, 0.3) is 21.8 Å². The quantitative estimate of drug-likeness (QED) is 0.458. The van der Waals surface area contributed by atoms with Crippen LogP contribution in [0.3, 0.4) is 0 Å². The second-order valence-corrected chi connectivity index (χ2v) is 8.06. The number of hydrogen-bond donors (Lipinski definition) is 2. The van der Waals surface area contributed by atoms with E-state index in [4.69, 9.17) is 29.4 Å². The Balaban J connectivity index is 2.36. The van der Waals surface area contributed by atoms with Crippen LogP contribution in [0.1, 0.15) is 24.2 Å². The highest BCUT2D eigenvalue weighted by atomic mass is 32.2. The Morgan fingerprint density at radius 3 is 1.97 bits per heavy atom. The first-order chi connectivity index (χ1) is 15.7. The highest BCUT2D eigenvalue weighted by molar-refractivity contribution is 7.90. The standard InChI is InChI=1S/C21H26N2O9S/c1-5-30-15-8-7-14(11-16(15)31-6-2)33(26,27)23-21(25)13-9-17(28-3)20(18(10-13)29-4)32-12-19(22)24/h7-11H,5-6,12H2,1-4H3,(H2,22,24)(H,23,25). The summed E-state index contributed by atoms with van der Waals surface area (Å²) in [5, 5.41) is 0. The Kier molecular flexibility index (Phi) is 8.74. The molecule has 3 N–H and O–H groups in total. The van der Waals surface area contributed by atoms with E-state index in [1.54, 1.807) is 13.8 Å². The van der Waals surface area contributed by atoms with E-state index in [2.05, 4.69) is 0 Å². The number of benzene rings is 2. The number of amides is 2. The van der Waals surface area contributed by atoms with Gasteiger partial charge in [-0.05, 0) is 38.1 Å². The van der Waals surface area contributed by atoms with Gasteiger partial charge in [0.15, 0.2) is 29.6 Å². The molecule has 2 amide bonds. The average molecular weight is 483 g/mol. The van der Waals surface area contributed by atoms with Gasteiger partial charge in [-0.2, -0.15) is 0 Å². The Hall–Kier alpha value is -3.67. The molecule has 0 saturated heterocycles. The number of methoxy groups -OCH3 is 2. The van der Waals surface area contributed by atoms with Crippen LogP contribution in [0.5, 0.6) is 28.7 Å². The maximum absolute atomic E-state index is 12.8. The summed E-state index contributed by atoms with van der Waals surface area (Å²) in [4.78, 5) is 23.6. The van der Waals surface area contributed by atoms with Crippen molar-refractivity contribution < 1.29 is 41.7 Å². The summed E-state index contributed by atoms with van der Waals surface area (Å²) in [7, 11) is -1.65. The van der Waals surface area contributed by atoms with Crippen LogP contribution >= 0.6 is 0 Å². The minimum atomic E-state index is -4.26. The highest BCUT2D eigenvalue weighted by Gasteiger charge is 2.24. The predicted molar refractivity (Wildman–Crippen MR) is 118 cm³/mol. The molecule has 0 spiro atoms. The van der Waals surface area contributed by atoms with Crippen molar-refractivity contribution in [2.45, 2.75) is 18.7 Å².